The fourth-order valence-corrected chi connectivity index (χ4v) is 1.79. The van der Waals surface area contributed by atoms with Gasteiger partial charge < -0.3 is 9.84 Å². The quantitative estimate of drug-likeness (QED) is 0.912. The number of pyridine rings is 1. The highest BCUT2D eigenvalue weighted by atomic mass is 16.5. The molecule has 0 radical (unpaired) electrons. The fourth-order valence-electron chi connectivity index (χ4n) is 1.79. The van der Waals surface area contributed by atoms with Gasteiger partial charge in [-0.25, -0.2) is 4.98 Å². The second kappa shape index (κ2) is 5.52. The Hall–Kier alpha value is -2.36. The molecule has 1 atom stereocenters. The van der Waals surface area contributed by atoms with E-state index in [-0.39, 0.29) is 0 Å². The molecule has 1 aromatic carbocycles. The van der Waals surface area contributed by atoms with Gasteiger partial charge in [-0.15, -0.1) is 0 Å². The number of para-hydroxylation sites is 1. The molecule has 1 aromatic heterocycles. The molecule has 0 saturated heterocycles. The van der Waals surface area contributed by atoms with Crippen molar-refractivity contribution in [2.45, 2.75) is 19.8 Å². The minimum absolute atomic E-state index is 0.463. The van der Waals surface area contributed by atoms with Gasteiger partial charge in [0.15, 0.2) is 0 Å². The summed E-state index contributed by atoms with van der Waals surface area (Å²) in [5.41, 5.74) is 1.56. The van der Waals surface area contributed by atoms with Gasteiger partial charge in [0.05, 0.1) is 5.92 Å². The van der Waals surface area contributed by atoms with Crippen molar-refractivity contribution in [3.63, 3.8) is 0 Å². The Balaban J connectivity index is 2.22. The molecular weight excluding hydrogens is 242 g/mol. The van der Waals surface area contributed by atoms with Crippen molar-refractivity contribution in [1.82, 2.24) is 4.98 Å². The minimum Gasteiger partial charge on any atom is -0.481 e. The van der Waals surface area contributed by atoms with E-state index in [2.05, 4.69) is 4.98 Å². The summed E-state index contributed by atoms with van der Waals surface area (Å²) in [5, 5.41) is 9.01. The molecule has 4 heteroatoms. The average Bonchev–Trinajstić information content (AvgIpc) is 2.39. The van der Waals surface area contributed by atoms with E-state index >= 15 is 0 Å². The molecule has 19 heavy (non-hydrogen) atoms. The Bertz CT molecular complexity index is 581. The van der Waals surface area contributed by atoms with Crippen LogP contribution in [-0.2, 0) is 4.79 Å². The van der Waals surface area contributed by atoms with Gasteiger partial charge in [-0.2, -0.15) is 0 Å². The lowest BCUT2D eigenvalue weighted by atomic mass is 9.99. The first-order valence-corrected chi connectivity index (χ1v) is 6.00. The molecular formula is C15H15NO3. The van der Waals surface area contributed by atoms with Crippen LogP contribution in [0.5, 0.6) is 11.6 Å². The van der Waals surface area contributed by atoms with E-state index in [1.807, 2.05) is 37.3 Å². The van der Waals surface area contributed by atoms with Crippen molar-refractivity contribution in [3.05, 3.63) is 53.7 Å². The highest BCUT2D eigenvalue weighted by molar-refractivity contribution is 5.75. The second-order valence-corrected chi connectivity index (χ2v) is 4.35. The fraction of sp³-hybridized carbons (Fsp3) is 0.200. The summed E-state index contributed by atoms with van der Waals surface area (Å²) in [5.74, 6) is -0.265. The van der Waals surface area contributed by atoms with E-state index in [1.165, 1.54) is 0 Å². The molecule has 0 fully saturated rings. The number of ether oxygens (including phenoxy) is 1. The van der Waals surface area contributed by atoms with Crippen molar-refractivity contribution in [3.8, 4) is 11.6 Å². The molecule has 1 unspecified atom stereocenters. The number of carbonyl (C=O) groups is 1. The van der Waals surface area contributed by atoms with E-state index in [1.54, 1.807) is 19.2 Å². The maximum Gasteiger partial charge on any atom is 0.310 e. The molecule has 2 aromatic rings. The van der Waals surface area contributed by atoms with Crippen LogP contribution in [0.15, 0.2) is 42.6 Å². The van der Waals surface area contributed by atoms with Crippen LogP contribution in [0.3, 0.4) is 0 Å². The largest absolute Gasteiger partial charge is 0.481 e. The number of benzene rings is 1. The van der Waals surface area contributed by atoms with Gasteiger partial charge in [-0.05, 0) is 37.1 Å². The van der Waals surface area contributed by atoms with Gasteiger partial charge in [0.2, 0.25) is 5.88 Å². The number of rotatable bonds is 4. The molecule has 1 N–H and O–H groups in total. The molecule has 0 aliphatic carbocycles. The van der Waals surface area contributed by atoms with Crippen molar-refractivity contribution in [1.29, 1.82) is 0 Å². The number of nitrogens with zero attached hydrogens (tertiary/aromatic N) is 1. The van der Waals surface area contributed by atoms with Crippen LogP contribution in [0, 0.1) is 6.92 Å². The monoisotopic (exact) mass is 257 g/mol. The van der Waals surface area contributed by atoms with E-state index in [0.717, 1.165) is 5.56 Å². The molecule has 0 aliphatic rings. The van der Waals surface area contributed by atoms with E-state index in [0.29, 0.717) is 17.2 Å². The van der Waals surface area contributed by atoms with Gasteiger partial charge in [0.1, 0.15) is 5.75 Å². The lowest BCUT2D eigenvalue weighted by Crippen LogP contribution is -2.09. The van der Waals surface area contributed by atoms with Crippen LogP contribution in [0.4, 0.5) is 0 Å². The highest BCUT2D eigenvalue weighted by Crippen LogP contribution is 2.24. The molecule has 0 spiro atoms. The number of carboxylic acids is 1. The first kappa shape index (κ1) is 13.1. The third kappa shape index (κ3) is 3.10. The van der Waals surface area contributed by atoms with Crippen LogP contribution in [0.2, 0.25) is 0 Å². The van der Waals surface area contributed by atoms with Crippen molar-refractivity contribution < 1.29 is 14.6 Å². The van der Waals surface area contributed by atoms with Crippen LogP contribution in [0.25, 0.3) is 0 Å². The number of hydrogen-bond donors (Lipinski definition) is 1. The Labute approximate surface area is 111 Å². The Morgan fingerprint density at radius 2 is 2.00 bits per heavy atom. The van der Waals surface area contributed by atoms with Crippen molar-refractivity contribution in [2.24, 2.45) is 0 Å². The highest BCUT2D eigenvalue weighted by Gasteiger charge is 2.16. The van der Waals surface area contributed by atoms with Gasteiger partial charge >= 0.3 is 5.97 Å². The zero-order valence-electron chi connectivity index (χ0n) is 10.8. The Kier molecular flexibility index (Phi) is 3.80. The van der Waals surface area contributed by atoms with Crippen molar-refractivity contribution >= 4 is 5.97 Å². The average molecular weight is 257 g/mol. The number of aromatic nitrogens is 1. The third-order valence-corrected chi connectivity index (χ3v) is 2.93. The summed E-state index contributed by atoms with van der Waals surface area (Å²) in [7, 11) is 0. The van der Waals surface area contributed by atoms with Gasteiger partial charge in [0, 0.05) is 12.3 Å². The molecule has 1 heterocycles. The molecule has 98 valence electrons. The van der Waals surface area contributed by atoms with Gasteiger partial charge in [0.25, 0.3) is 0 Å². The van der Waals surface area contributed by atoms with E-state index in [9.17, 15) is 4.79 Å². The number of carboxylic acid groups (broad SMARTS) is 1. The molecule has 0 aliphatic heterocycles. The second-order valence-electron chi connectivity index (χ2n) is 4.35. The number of aliphatic carboxylic acids is 1. The summed E-state index contributed by atoms with van der Waals surface area (Å²) < 4.78 is 5.60. The van der Waals surface area contributed by atoms with Crippen LogP contribution in [0.1, 0.15) is 24.0 Å². The summed E-state index contributed by atoms with van der Waals surface area (Å²) in [6, 6.07) is 11.1. The minimum atomic E-state index is -0.860. The maximum atomic E-state index is 11.0. The van der Waals surface area contributed by atoms with Crippen LogP contribution in [-0.4, -0.2) is 16.1 Å². The van der Waals surface area contributed by atoms with Crippen molar-refractivity contribution in [2.75, 3.05) is 0 Å². The standard InChI is InChI=1S/C15H15NO3/c1-10-8-14(19-12-6-4-3-5-7-12)16-9-13(10)11(2)15(17)18/h3-9,11H,1-2H3,(H,17,18). The van der Waals surface area contributed by atoms with Crippen LogP contribution < -0.4 is 4.74 Å². The summed E-state index contributed by atoms with van der Waals surface area (Å²) >= 11 is 0. The predicted octanol–water partition coefficient (Wildman–Crippen LogP) is 3.37. The third-order valence-electron chi connectivity index (χ3n) is 2.93. The maximum absolute atomic E-state index is 11.0. The number of hydrogen-bond acceptors (Lipinski definition) is 3. The van der Waals surface area contributed by atoms with E-state index in [4.69, 9.17) is 9.84 Å². The Morgan fingerprint density at radius 3 is 2.58 bits per heavy atom. The first-order chi connectivity index (χ1) is 9.08. The molecule has 2 rings (SSSR count). The lowest BCUT2D eigenvalue weighted by molar-refractivity contribution is -0.138. The molecule has 0 amide bonds. The van der Waals surface area contributed by atoms with Gasteiger partial charge in [-0.1, -0.05) is 18.2 Å². The molecule has 0 bridgehead atoms. The first-order valence-electron chi connectivity index (χ1n) is 6.00. The zero-order chi connectivity index (χ0) is 13.8. The predicted molar refractivity (Wildman–Crippen MR) is 71.5 cm³/mol. The SMILES string of the molecule is Cc1cc(Oc2ccccc2)ncc1C(C)C(=O)O. The topological polar surface area (TPSA) is 59.4 Å². The normalized spacial score (nSPS) is 11.9. The van der Waals surface area contributed by atoms with E-state index < -0.39 is 11.9 Å². The van der Waals surface area contributed by atoms with Gasteiger partial charge in [-0.3, -0.25) is 4.79 Å². The Morgan fingerprint density at radius 1 is 1.32 bits per heavy atom. The lowest BCUT2D eigenvalue weighted by Gasteiger charge is -2.11. The summed E-state index contributed by atoms with van der Waals surface area (Å²) in [6.07, 6.45) is 1.56. The summed E-state index contributed by atoms with van der Waals surface area (Å²) in [6.45, 7) is 3.50. The van der Waals surface area contributed by atoms with Crippen LogP contribution >= 0.6 is 0 Å². The molecule has 0 saturated carbocycles. The zero-order valence-corrected chi connectivity index (χ0v) is 10.8. The molecule has 4 nitrogen and oxygen atoms in total. The number of aryl methyl sites for hydroxylation is 1. The smallest absolute Gasteiger partial charge is 0.310 e. The summed E-state index contributed by atoms with van der Waals surface area (Å²) in [4.78, 5) is 15.1.